The Morgan fingerprint density at radius 1 is 1.25 bits per heavy atom. The van der Waals surface area contributed by atoms with Gasteiger partial charge in [-0.2, -0.15) is 0 Å². The van der Waals surface area contributed by atoms with E-state index >= 15 is 0 Å². The van der Waals surface area contributed by atoms with Crippen LogP contribution < -0.4 is 10.1 Å². The average Bonchev–Trinajstić information content (AvgIpc) is 2.78. The van der Waals surface area contributed by atoms with Gasteiger partial charge in [0.1, 0.15) is 0 Å². The SMILES string of the molecule is CN=C(NCCCC(=O)N1CCc2ccccc2C1)N(C)Cc1ccc(OC)c(F)c1.I. The van der Waals surface area contributed by atoms with Gasteiger partial charge < -0.3 is 19.9 Å². The van der Waals surface area contributed by atoms with Gasteiger partial charge in [0.25, 0.3) is 0 Å². The van der Waals surface area contributed by atoms with Gasteiger partial charge in [0.2, 0.25) is 5.91 Å². The van der Waals surface area contributed by atoms with E-state index in [0.717, 1.165) is 24.9 Å². The Labute approximate surface area is 206 Å². The molecule has 8 heteroatoms. The van der Waals surface area contributed by atoms with Gasteiger partial charge in [0, 0.05) is 46.7 Å². The largest absolute Gasteiger partial charge is 0.494 e. The molecular formula is C24H32FIN4O2. The molecule has 0 aliphatic carbocycles. The quantitative estimate of drug-likeness (QED) is 0.245. The molecule has 0 aromatic heterocycles. The van der Waals surface area contributed by atoms with Crippen LogP contribution in [0.3, 0.4) is 0 Å². The van der Waals surface area contributed by atoms with Gasteiger partial charge in [0.05, 0.1) is 7.11 Å². The van der Waals surface area contributed by atoms with E-state index < -0.39 is 0 Å². The van der Waals surface area contributed by atoms with E-state index in [9.17, 15) is 9.18 Å². The maximum atomic E-state index is 13.9. The second-order valence-electron chi connectivity index (χ2n) is 7.74. The van der Waals surface area contributed by atoms with Crippen molar-refractivity contribution < 1.29 is 13.9 Å². The summed E-state index contributed by atoms with van der Waals surface area (Å²) < 4.78 is 18.9. The molecule has 0 saturated heterocycles. The van der Waals surface area contributed by atoms with E-state index in [1.54, 1.807) is 13.1 Å². The molecular weight excluding hydrogens is 522 g/mol. The number of benzene rings is 2. The highest BCUT2D eigenvalue weighted by Crippen LogP contribution is 2.20. The lowest BCUT2D eigenvalue weighted by Crippen LogP contribution is -2.39. The van der Waals surface area contributed by atoms with Gasteiger partial charge in [-0.05, 0) is 41.7 Å². The molecule has 0 spiro atoms. The van der Waals surface area contributed by atoms with Gasteiger partial charge in [-0.25, -0.2) is 4.39 Å². The molecule has 3 rings (SSSR count). The molecule has 0 unspecified atom stereocenters. The maximum absolute atomic E-state index is 13.9. The number of hydrogen-bond donors (Lipinski definition) is 1. The summed E-state index contributed by atoms with van der Waals surface area (Å²) in [5.74, 6) is 0.745. The Balaban J connectivity index is 0.00000363. The smallest absolute Gasteiger partial charge is 0.222 e. The first-order chi connectivity index (χ1) is 15.0. The van der Waals surface area contributed by atoms with E-state index in [4.69, 9.17) is 4.74 Å². The fraction of sp³-hybridized carbons (Fsp3) is 0.417. The molecule has 174 valence electrons. The highest BCUT2D eigenvalue weighted by atomic mass is 127. The lowest BCUT2D eigenvalue weighted by molar-refractivity contribution is -0.132. The molecule has 1 amide bonds. The molecule has 1 N–H and O–H groups in total. The van der Waals surface area contributed by atoms with Crippen molar-refractivity contribution in [2.45, 2.75) is 32.4 Å². The minimum absolute atomic E-state index is 0. The van der Waals surface area contributed by atoms with Crippen LogP contribution in [0, 0.1) is 5.82 Å². The van der Waals surface area contributed by atoms with Crippen molar-refractivity contribution in [2.24, 2.45) is 4.99 Å². The number of methoxy groups -OCH3 is 1. The molecule has 1 heterocycles. The van der Waals surface area contributed by atoms with Crippen molar-refractivity contribution in [1.82, 2.24) is 15.1 Å². The van der Waals surface area contributed by atoms with E-state index in [2.05, 4.69) is 28.5 Å². The summed E-state index contributed by atoms with van der Waals surface area (Å²) in [4.78, 5) is 20.7. The van der Waals surface area contributed by atoms with Crippen molar-refractivity contribution in [3.05, 3.63) is 65.0 Å². The fourth-order valence-corrected chi connectivity index (χ4v) is 3.85. The average molecular weight is 554 g/mol. The van der Waals surface area contributed by atoms with Gasteiger partial charge in [-0.1, -0.05) is 30.3 Å². The number of nitrogens with one attached hydrogen (secondary N) is 1. The monoisotopic (exact) mass is 554 g/mol. The van der Waals surface area contributed by atoms with Gasteiger partial charge >= 0.3 is 0 Å². The first-order valence-corrected chi connectivity index (χ1v) is 10.6. The van der Waals surface area contributed by atoms with Crippen LogP contribution >= 0.6 is 24.0 Å². The minimum atomic E-state index is -0.379. The molecule has 0 bridgehead atoms. The molecule has 0 atom stereocenters. The van der Waals surface area contributed by atoms with Crippen LogP contribution in [0.1, 0.15) is 29.5 Å². The number of fused-ring (bicyclic) bond motifs is 1. The number of guanidine groups is 1. The number of nitrogens with zero attached hydrogens (tertiary/aromatic N) is 3. The van der Waals surface area contributed by atoms with Crippen LogP contribution in [-0.2, 0) is 24.3 Å². The topological polar surface area (TPSA) is 57.2 Å². The van der Waals surface area contributed by atoms with Crippen LogP contribution in [0.5, 0.6) is 5.75 Å². The van der Waals surface area contributed by atoms with Gasteiger partial charge in [-0.3, -0.25) is 9.79 Å². The fourth-order valence-electron chi connectivity index (χ4n) is 3.85. The maximum Gasteiger partial charge on any atom is 0.222 e. The highest BCUT2D eigenvalue weighted by Gasteiger charge is 2.19. The van der Waals surface area contributed by atoms with E-state index in [1.807, 2.05) is 29.0 Å². The van der Waals surface area contributed by atoms with Crippen molar-refractivity contribution in [1.29, 1.82) is 0 Å². The summed E-state index contributed by atoms with van der Waals surface area (Å²) in [6.45, 7) is 2.63. The molecule has 0 radical (unpaired) electrons. The molecule has 1 aliphatic rings. The lowest BCUT2D eigenvalue weighted by Gasteiger charge is -2.29. The standard InChI is InChI=1S/C24H31FN4O2.HI/c1-26-24(28(2)16-18-10-11-22(31-3)21(25)15-18)27-13-6-9-23(30)29-14-12-19-7-4-5-8-20(19)17-29;/h4-5,7-8,10-11,15H,6,9,12-14,16-17H2,1-3H3,(H,26,27);1H. The zero-order valence-electron chi connectivity index (χ0n) is 18.9. The molecule has 1 aliphatic heterocycles. The first-order valence-electron chi connectivity index (χ1n) is 10.6. The molecule has 2 aromatic carbocycles. The highest BCUT2D eigenvalue weighted by molar-refractivity contribution is 14.0. The molecule has 2 aromatic rings. The third kappa shape index (κ3) is 6.82. The van der Waals surface area contributed by atoms with Gasteiger partial charge in [0.15, 0.2) is 17.5 Å². The molecule has 0 fully saturated rings. The van der Waals surface area contributed by atoms with Crippen molar-refractivity contribution in [3.63, 3.8) is 0 Å². The Morgan fingerprint density at radius 2 is 2.00 bits per heavy atom. The third-order valence-electron chi connectivity index (χ3n) is 5.54. The number of ether oxygens (including phenoxy) is 1. The number of carbonyl (C=O) groups excluding carboxylic acids is 1. The predicted octanol–water partition coefficient (Wildman–Crippen LogP) is 3.82. The van der Waals surface area contributed by atoms with Crippen LogP contribution in [0.4, 0.5) is 4.39 Å². The summed E-state index contributed by atoms with van der Waals surface area (Å²) in [7, 11) is 5.06. The summed E-state index contributed by atoms with van der Waals surface area (Å²) in [6.07, 6.45) is 2.14. The Morgan fingerprint density at radius 3 is 2.69 bits per heavy atom. The van der Waals surface area contributed by atoms with Crippen molar-refractivity contribution in [3.8, 4) is 5.75 Å². The zero-order chi connectivity index (χ0) is 22.2. The van der Waals surface area contributed by atoms with E-state index in [-0.39, 0.29) is 41.5 Å². The summed E-state index contributed by atoms with van der Waals surface area (Å²) in [5, 5.41) is 3.29. The minimum Gasteiger partial charge on any atom is -0.494 e. The Hall–Kier alpha value is -2.36. The third-order valence-corrected chi connectivity index (χ3v) is 5.54. The number of aliphatic imine (C=N–C) groups is 1. The summed E-state index contributed by atoms with van der Waals surface area (Å²) in [5.41, 5.74) is 3.42. The van der Waals surface area contributed by atoms with Crippen LogP contribution in [0.2, 0.25) is 0 Å². The van der Waals surface area contributed by atoms with Crippen molar-refractivity contribution in [2.75, 3.05) is 34.3 Å². The second-order valence-corrected chi connectivity index (χ2v) is 7.74. The molecule has 0 saturated carbocycles. The number of carbonyl (C=O) groups is 1. The summed E-state index contributed by atoms with van der Waals surface area (Å²) >= 11 is 0. The number of rotatable bonds is 7. The lowest BCUT2D eigenvalue weighted by atomic mass is 9.99. The van der Waals surface area contributed by atoms with E-state index in [0.29, 0.717) is 32.0 Å². The predicted molar refractivity (Wildman–Crippen MR) is 136 cm³/mol. The van der Waals surface area contributed by atoms with Crippen LogP contribution in [-0.4, -0.2) is 56.0 Å². The zero-order valence-corrected chi connectivity index (χ0v) is 21.3. The van der Waals surface area contributed by atoms with Gasteiger partial charge in [-0.15, -0.1) is 24.0 Å². The van der Waals surface area contributed by atoms with Crippen molar-refractivity contribution >= 4 is 35.8 Å². The normalized spacial score (nSPS) is 13.1. The molecule has 32 heavy (non-hydrogen) atoms. The van der Waals surface area contributed by atoms with Crippen LogP contribution in [0.25, 0.3) is 0 Å². The Bertz CT molecular complexity index is 938. The second kappa shape index (κ2) is 12.6. The Kier molecular flexibility index (Phi) is 10.2. The van der Waals surface area contributed by atoms with E-state index in [1.165, 1.54) is 24.3 Å². The number of hydrogen-bond acceptors (Lipinski definition) is 3. The molecule has 6 nitrogen and oxygen atoms in total. The number of halogens is 2. The number of amides is 1. The first kappa shape index (κ1) is 25.9. The van der Waals surface area contributed by atoms with Crippen LogP contribution in [0.15, 0.2) is 47.5 Å². The summed E-state index contributed by atoms with van der Waals surface area (Å²) in [6, 6.07) is 13.3.